The fraction of sp³-hybridized carbons (Fsp3) is 1.00. The normalized spacial score (nSPS) is 18.1. The molecular weight excluding hydrogens is 228 g/mol. The summed E-state index contributed by atoms with van der Waals surface area (Å²) in [5.41, 5.74) is 0. The van der Waals surface area contributed by atoms with E-state index in [-0.39, 0.29) is 23.7 Å². The van der Waals surface area contributed by atoms with Gasteiger partial charge in [0.2, 0.25) is 12.1 Å². The van der Waals surface area contributed by atoms with Gasteiger partial charge in [0.15, 0.2) is 0 Å². The number of hydrogen-bond acceptors (Lipinski definition) is 5. The predicted molar refractivity (Wildman–Crippen MR) is 61.9 cm³/mol. The average Bonchev–Trinajstić information content (AvgIpc) is 2.17. The predicted octanol–water partition coefficient (Wildman–Crippen LogP) is 1.48. The van der Waals surface area contributed by atoms with Crippen molar-refractivity contribution in [3.05, 3.63) is 20.2 Å². The van der Waals surface area contributed by atoms with Gasteiger partial charge in [0.05, 0.1) is 0 Å². The van der Waals surface area contributed by atoms with Crippen LogP contribution in [-0.2, 0) is 0 Å². The first-order chi connectivity index (χ1) is 7.84. The maximum Gasteiger partial charge on any atom is 0.238 e. The molecule has 0 fully saturated rings. The molecule has 0 aliphatic carbocycles. The highest BCUT2D eigenvalue weighted by atomic mass is 16.6. The van der Waals surface area contributed by atoms with Gasteiger partial charge in [-0.15, -0.1) is 0 Å². The van der Waals surface area contributed by atoms with Crippen molar-refractivity contribution in [2.45, 2.75) is 58.2 Å². The number of nitro groups is 2. The van der Waals surface area contributed by atoms with Crippen LogP contribution in [0.4, 0.5) is 0 Å². The second-order valence-electron chi connectivity index (χ2n) is 4.30. The molecular formula is C10H20N2O5. The highest BCUT2D eigenvalue weighted by molar-refractivity contribution is 4.73. The van der Waals surface area contributed by atoms with Crippen LogP contribution < -0.4 is 0 Å². The van der Waals surface area contributed by atoms with Gasteiger partial charge in [-0.05, 0) is 6.42 Å². The lowest BCUT2D eigenvalue weighted by atomic mass is 9.91. The number of aliphatic hydroxyl groups excluding tert-OH is 1. The number of nitrogens with zero attached hydrogens (tertiary/aromatic N) is 2. The van der Waals surface area contributed by atoms with Gasteiger partial charge in [-0.25, -0.2) is 0 Å². The van der Waals surface area contributed by atoms with E-state index in [1.54, 1.807) is 20.8 Å². The smallest absolute Gasteiger partial charge is 0.238 e. The maximum atomic E-state index is 10.7. The molecule has 0 spiro atoms. The molecule has 0 aromatic rings. The minimum Gasteiger partial charge on any atom is -0.386 e. The molecule has 100 valence electrons. The van der Waals surface area contributed by atoms with Crippen LogP contribution in [0.25, 0.3) is 0 Å². The third-order valence-corrected chi connectivity index (χ3v) is 3.09. The molecule has 17 heavy (non-hydrogen) atoms. The zero-order valence-corrected chi connectivity index (χ0v) is 10.4. The van der Waals surface area contributed by atoms with E-state index in [9.17, 15) is 25.3 Å². The average molecular weight is 248 g/mol. The molecule has 0 saturated carbocycles. The Labute approximate surface area is 100 Å². The van der Waals surface area contributed by atoms with Gasteiger partial charge in [0.25, 0.3) is 0 Å². The zero-order chi connectivity index (χ0) is 13.6. The monoisotopic (exact) mass is 248 g/mol. The Morgan fingerprint density at radius 3 is 1.76 bits per heavy atom. The Balaban J connectivity index is 4.50. The molecule has 0 heterocycles. The molecule has 0 amide bonds. The summed E-state index contributed by atoms with van der Waals surface area (Å²) in [5, 5.41) is 31.1. The van der Waals surface area contributed by atoms with Crippen LogP contribution >= 0.6 is 0 Å². The number of rotatable bonds is 8. The van der Waals surface area contributed by atoms with Crippen molar-refractivity contribution in [3.8, 4) is 0 Å². The van der Waals surface area contributed by atoms with Crippen LogP contribution in [-0.4, -0.2) is 33.1 Å². The Kier molecular flexibility index (Phi) is 6.64. The third kappa shape index (κ3) is 4.64. The number of aliphatic hydroxyl groups is 1. The van der Waals surface area contributed by atoms with E-state index in [1.807, 2.05) is 0 Å². The van der Waals surface area contributed by atoms with Crippen LogP contribution in [0.3, 0.4) is 0 Å². The SMILES string of the molecule is CCC(C(C)CC(O)C(CC)[N+](=O)[O-])[N+](=O)[O-]. The zero-order valence-electron chi connectivity index (χ0n) is 10.4. The van der Waals surface area contributed by atoms with Crippen LogP contribution in [0.1, 0.15) is 40.0 Å². The van der Waals surface area contributed by atoms with Crippen molar-refractivity contribution < 1.29 is 15.0 Å². The maximum absolute atomic E-state index is 10.7. The van der Waals surface area contributed by atoms with Crippen molar-refractivity contribution in [1.29, 1.82) is 0 Å². The molecule has 0 aromatic heterocycles. The number of hydrogen-bond donors (Lipinski definition) is 1. The lowest BCUT2D eigenvalue weighted by molar-refractivity contribution is -0.541. The van der Waals surface area contributed by atoms with Gasteiger partial charge in [-0.2, -0.15) is 0 Å². The van der Waals surface area contributed by atoms with Crippen LogP contribution in [0, 0.1) is 26.1 Å². The van der Waals surface area contributed by atoms with Crippen molar-refractivity contribution in [2.75, 3.05) is 0 Å². The molecule has 0 aliphatic rings. The summed E-state index contributed by atoms with van der Waals surface area (Å²) in [6.07, 6.45) is -0.468. The fourth-order valence-corrected chi connectivity index (χ4v) is 2.02. The van der Waals surface area contributed by atoms with E-state index in [4.69, 9.17) is 0 Å². The van der Waals surface area contributed by atoms with Crippen molar-refractivity contribution in [1.82, 2.24) is 0 Å². The molecule has 0 aromatic carbocycles. The molecule has 0 aliphatic heterocycles. The van der Waals surface area contributed by atoms with E-state index < -0.39 is 23.1 Å². The second kappa shape index (κ2) is 7.16. The molecule has 7 nitrogen and oxygen atoms in total. The molecule has 0 saturated heterocycles. The van der Waals surface area contributed by atoms with E-state index in [2.05, 4.69) is 0 Å². The summed E-state index contributed by atoms with van der Waals surface area (Å²) in [5.74, 6) is -0.376. The summed E-state index contributed by atoms with van der Waals surface area (Å²) in [6.45, 7) is 4.96. The second-order valence-corrected chi connectivity index (χ2v) is 4.30. The van der Waals surface area contributed by atoms with Crippen LogP contribution in [0.5, 0.6) is 0 Å². The van der Waals surface area contributed by atoms with Crippen molar-refractivity contribution in [2.24, 2.45) is 5.92 Å². The third-order valence-electron chi connectivity index (χ3n) is 3.09. The van der Waals surface area contributed by atoms with E-state index in [0.717, 1.165) is 0 Å². The van der Waals surface area contributed by atoms with Gasteiger partial charge in [-0.3, -0.25) is 20.2 Å². The quantitative estimate of drug-likeness (QED) is 0.517. The Morgan fingerprint density at radius 2 is 1.47 bits per heavy atom. The Bertz CT molecular complexity index is 245. The largest absolute Gasteiger partial charge is 0.386 e. The Hall–Kier alpha value is -1.24. The van der Waals surface area contributed by atoms with Gasteiger partial charge in [0, 0.05) is 28.6 Å². The summed E-state index contributed by atoms with van der Waals surface area (Å²) in [4.78, 5) is 20.4. The van der Waals surface area contributed by atoms with Crippen LogP contribution in [0.2, 0.25) is 0 Å². The minimum absolute atomic E-state index is 0.0823. The van der Waals surface area contributed by atoms with Gasteiger partial charge >= 0.3 is 0 Å². The molecule has 1 N–H and O–H groups in total. The van der Waals surface area contributed by atoms with Crippen molar-refractivity contribution in [3.63, 3.8) is 0 Å². The minimum atomic E-state index is -1.13. The standard InChI is InChI=1S/C10H20N2O5/c1-4-8(11(14)15)7(3)6-10(13)9(5-2)12(16)17/h7-10,13H,4-6H2,1-3H3. The Morgan fingerprint density at radius 1 is 1.06 bits per heavy atom. The van der Waals surface area contributed by atoms with E-state index >= 15 is 0 Å². The molecule has 0 radical (unpaired) electrons. The molecule has 7 heteroatoms. The molecule has 0 bridgehead atoms. The lowest BCUT2D eigenvalue weighted by Crippen LogP contribution is -2.37. The van der Waals surface area contributed by atoms with Gasteiger partial charge < -0.3 is 5.11 Å². The molecule has 4 atom stereocenters. The van der Waals surface area contributed by atoms with Gasteiger partial charge in [0.1, 0.15) is 6.10 Å². The van der Waals surface area contributed by atoms with Crippen molar-refractivity contribution >= 4 is 0 Å². The van der Waals surface area contributed by atoms with Crippen LogP contribution in [0.15, 0.2) is 0 Å². The topological polar surface area (TPSA) is 107 Å². The van der Waals surface area contributed by atoms with E-state index in [1.165, 1.54) is 0 Å². The summed E-state index contributed by atoms with van der Waals surface area (Å²) in [6, 6.07) is -1.80. The highest BCUT2D eigenvalue weighted by Crippen LogP contribution is 2.19. The van der Waals surface area contributed by atoms with E-state index in [0.29, 0.717) is 6.42 Å². The molecule has 4 unspecified atom stereocenters. The highest BCUT2D eigenvalue weighted by Gasteiger charge is 2.34. The lowest BCUT2D eigenvalue weighted by Gasteiger charge is -2.20. The first-order valence-electron chi connectivity index (χ1n) is 5.80. The molecule has 0 rings (SSSR count). The first kappa shape index (κ1) is 15.8. The fourth-order valence-electron chi connectivity index (χ4n) is 2.02. The summed E-state index contributed by atoms with van der Waals surface area (Å²) < 4.78 is 0. The summed E-state index contributed by atoms with van der Waals surface area (Å²) >= 11 is 0. The van der Waals surface area contributed by atoms with Gasteiger partial charge in [-0.1, -0.05) is 20.8 Å². The summed E-state index contributed by atoms with van der Waals surface area (Å²) in [7, 11) is 0. The first-order valence-corrected chi connectivity index (χ1v) is 5.80.